The topological polar surface area (TPSA) is 63.2 Å². The molecule has 1 heterocycles. The molecule has 0 saturated carbocycles. The van der Waals surface area contributed by atoms with E-state index in [9.17, 15) is 4.79 Å². The molecule has 162 valence electrons. The fourth-order valence-electron chi connectivity index (χ4n) is 3.10. The number of carbonyl (C=O) groups is 1. The molecular formula is C25H23N3O2S2. The summed E-state index contributed by atoms with van der Waals surface area (Å²) < 4.78 is 6.88. The van der Waals surface area contributed by atoms with E-state index in [2.05, 4.69) is 23.6 Å². The van der Waals surface area contributed by atoms with Crippen molar-refractivity contribution in [2.75, 3.05) is 5.32 Å². The summed E-state index contributed by atoms with van der Waals surface area (Å²) in [5.41, 5.74) is 3.18. The van der Waals surface area contributed by atoms with Crippen molar-refractivity contribution in [2.45, 2.75) is 26.4 Å². The number of ether oxygens (including phenoxy) is 1. The second-order valence-electron chi connectivity index (χ2n) is 7.30. The number of thiazole rings is 1. The van der Waals surface area contributed by atoms with Crippen molar-refractivity contribution < 1.29 is 9.53 Å². The van der Waals surface area contributed by atoms with Gasteiger partial charge in [-0.15, -0.1) is 11.3 Å². The Hall–Kier alpha value is -3.29. The highest BCUT2D eigenvalue weighted by Crippen LogP contribution is 2.34. The van der Waals surface area contributed by atoms with Crippen LogP contribution in [0.2, 0.25) is 0 Å². The van der Waals surface area contributed by atoms with Gasteiger partial charge in [-0.1, -0.05) is 31.2 Å². The molecule has 5 nitrogen and oxygen atoms in total. The van der Waals surface area contributed by atoms with Gasteiger partial charge in [-0.05, 0) is 74.1 Å². The van der Waals surface area contributed by atoms with Gasteiger partial charge < -0.3 is 10.1 Å². The first-order chi connectivity index (χ1) is 15.5. The number of hydrogen-bond acceptors (Lipinski definition) is 5. The molecular weight excluding hydrogens is 438 g/mol. The third-order valence-electron chi connectivity index (χ3n) is 4.96. The lowest BCUT2D eigenvalue weighted by atomic mass is 10.2. The average molecular weight is 462 g/mol. The smallest absolute Gasteiger partial charge is 0.257 e. The molecule has 0 aliphatic carbocycles. The zero-order valence-electron chi connectivity index (χ0n) is 17.8. The highest BCUT2D eigenvalue weighted by Gasteiger charge is 2.13. The first-order valence-electron chi connectivity index (χ1n) is 10.4. The Morgan fingerprint density at radius 1 is 1.06 bits per heavy atom. The van der Waals surface area contributed by atoms with Crippen LogP contribution in [0.1, 0.15) is 30.6 Å². The molecule has 32 heavy (non-hydrogen) atoms. The van der Waals surface area contributed by atoms with Gasteiger partial charge in [0.2, 0.25) is 0 Å². The fraction of sp³-hybridized carbons (Fsp3) is 0.160. The SMILES string of the molecule is CC[C@H](C)Oc1ccc(C(=O)NC(=S)Nc2ccccc2-c2nc3ccccc3s2)cc1. The number of aromatic nitrogens is 1. The minimum atomic E-state index is -0.282. The number of anilines is 1. The van der Waals surface area contributed by atoms with Crippen molar-refractivity contribution in [3.8, 4) is 16.3 Å². The second kappa shape index (κ2) is 9.89. The first-order valence-corrected chi connectivity index (χ1v) is 11.6. The van der Waals surface area contributed by atoms with Crippen molar-refractivity contribution in [1.29, 1.82) is 0 Å². The van der Waals surface area contributed by atoms with Crippen LogP contribution in [0.25, 0.3) is 20.8 Å². The van der Waals surface area contributed by atoms with E-state index >= 15 is 0 Å². The summed E-state index contributed by atoms with van der Waals surface area (Å²) in [4.78, 5) is 17.3. The summed E-state index contributed by atoms with van der Waals surface area (Å²) in [6.07, 6.45) is 1.04. The number of nitrogens with zero attached hydrogens (tertiary/aromatic N) is 1. The molecule has 0 aliphatic rings. The van der Waals surface area contributed by atoms with Gasteiger partial charge in [0.05, 0.1) is 22.0 Å². The lowest BCUT2D eigenvalue weighted by Gasteiger charge is -2.14. The predicted octanol–water partition coefficient (Wildman–Crippen LogP) is 6.27. The summed E-state index contributed by atoms with van der Waals surface area (Å²) in [5, 5.41) is 7.00. The summed E-state index contributed by atoms with van der Waals surface area (Å²) >= 11 is 7.02. The molecule has 0 unspecified atom stereocenters. The first kappa shape index (κ1) is 21.9. The minimum Gasteiger partial charge on any atom is -0.491 e. The number of thiocarbonyl (C=S) groups is 1. The Morgan fingerprint density at radius 2 is 1.78 bits per heavy atom. The lowest BCUT2D eigenvalue weighted by molar-refractivity contribution is 0.0977. The zero-order valence-corrected chi connectivity index (χ0v) is 19.4. The fourth-order valence-corrected chi connectivity index (χ4v) is 4.30. The Kier molecular flexibility index (Phi) is 6.78. The van der Waals surface area contributed by atoms with Crippen LogP contribution in [0.15, 0.2) is 72.8 Å². The summed E-state index contributed by atoms with van der Waals surface area (Å²) in [6, 6.07) is 22.8. The zero-order chi connectivity index (χ0) is 22.5. The van der Waals surface area contributed by atoms with E-state index in [0.29, 0.717) is 5.56 Å². The molecule has 0 saturated heterocycles. The van der Waals surface area contributed by atoms with Gasteiger partial charge in [0.15, 0.2) is 5.11 Å². The van der Waals surface area contributed by atoms with Crippen LogP contribution in [0, 0.1) is 0 Å². The maximum Gasteiger partial charge on any atom is 0.257 e. The maximum absolute atomic E-state index is 12.6. The molecule has 1 aromatic heterocycles. The molecule has 0 radical (unpaired) electrons. The highest BCUT2D eigenvalue weighted by molar-refractivity contribution is 7.80. The lowest BCUT2D eigenvalue weighted by Crippen LogP contribution is -2.34. The highest BCUT2D eigenvalue weighted by atomic mass is 32.1. The van der Waals surface area contributed by atoms with Gasteiger partial charge >= 0.3 is 0 Å². The van der Waals surface area contributed by atoms with Gasteiger partial charge in [0.1, 0.15) is 10.8 Å². The number of carbonyl (C=O) groups excluding carboxylic acids is 1. The molecule has 7 heteroatoms. The normalized spacial score (nSPS) is 11.7. The van der Waals surface area contributed by atoms with Gasteiger partial charge in [-0.3, -0.25) is 10.1 Å². The van der Waals surface area contributed by atoms with Crippen LogP contribution >= 0.6 is 23.6 Å². The van der Waals surface area contributed by atoms with E-state index < -0.39 is 0 Å². The Balaban J connectivity index is 1.45. The number of nitrogens with one attached hydrogen (secondary N) is 2. The Bertz CT molecular complexity index is 1220. The van der Waals surface area contributed by atoms with Gasteiger partial charge in [0, 0.05) is 11.1 Å². The van der Waals surface area contributed by atoms with Gasteiger partial charge in [-0.2, -0.15) is 0 Å². The Morgan fingerprint density at radius 3 is 2.53 bits per heavy atom. The van der Waals surface area contributed by atoms with Crippen molar-refractivity contribution in [1.82, 2.24) is 10.3 Å². The molecule has 2 N–H and O–H groups in total. The van der Waals surface area contributed by atoms with Crippen molar-refractivity contribution >= 4 is 50.5 Å². The van der Waals surface area contributed by atoms with Gasteiger partial charge in [-0.25, -0.2) is 4.98 Å². The molecule has 3 aromatic carbocycles. The summed E-state index contributed by atoms with van der Waals surface area (Å²) in [5.74, 6) is 0.455. The van der Waals surface area contributed by atoms with E-state index in [1.165, 1.54) is 0 Å². The van der Waals surface area contributed by atoms with Crippen LogP contribution in [0.3, 0.4) is 0 Å². The number of para-hydroxylation sites is 2. The maximum atomic E-state index is 12.6. The van der Waals surface area contributed by atoms with E-state index in [1.54, 1.807) is 35.6 Å². The van der Waals surface area contributed by atoms with Crippen molar-refractivity contribution in [3.05, 3.63) is 78.4 Å². The standard InChI is InChI=1S/C25H23N3O2S2/c1-3-16(2)30-18-14-12-17(13-15-18)23(29)28-25(31)27-20-9-5-4-8-19(20)24-26-21-10-6-7-11-22(21)32-24/h4-16H,3H2,1-2H3,(H2,27,28,29,31)/t16-/m0/s1. The summed E-state index contributed by atoms with van der Waals surface area (Å²) in [6.45, 7) is 4.08. The monoisotopic (exact) mass is 461 g/mol. The predicted molar refractivity (Wildman–Crippen MR) is 136 cm³/mol. The molecule has 4 rings (SSSR count). The number of benzene rings is 3. The number of fused-ring (bicyclic) bond motifs is 1. The van der Waals surface area contributed by atoms with Crippen LogP contribution in [0.5, 0.6) is 5.75 Å². The van der Waals surface area contributed by atoms with Crippen LogP contribution < -0.4 is 15.4 Å². The third-order valence-corrected chi connectivity index (χ3v) is 6.23. The van der Waals surface area contributed by atoms with E-state index in [-0.39, 0.29) is 17.1 Å². The Labute approximate surface area is 196 Å². The quantitative estimate of drug-likeness (QED) is 0.332. The average Bonchev–Trinajstić information content (AvgIpc) is 3.24. The molecule has 0 bridgehead atoms. The molecule has 0 aliphatic heterocycles. The van der Waals surface area contributed by atoms with E-state index in [4.69, 9.17) is 21.9 Å². The molecule has 0 spiro atoms. The van der Waals surface area contributed by atoms with Crippen molar-refractivity contribution in [3.63, 3.8) is 0 Å². The minimum absolute atomic E-state index is 0.127. The number of rotatable bonds is 6. The van der Waals surface area contributed by atoms with Crippen LogP contribution in [0.4, 0.5) is 5.69 Å². The van der Waals surface area contributed by atoms with Gasteiger partial charge in [0.25, 0.3) is 5.91 Å². The molecule has 4 aromatic rings. The molecule has 0 fully saturated rings. The van der Waals surface area contributed by atoms with Crippen LogP contribution in [-0.4, -0.2) is 22.1 Å². The molecule has 1 amide bonds. The number of hydrogen-bond donors (Lipinski definition) is 2. The third kappa shape index (κ3) is 5.12. The molecule has 1 atom stereocenters. The van der Waals surface area contributed by atoms with Crippen molar-refractivity contribution in [2.24, 2.45) is 0 Å². The van der Waals surface area contributed by atoms with Crippen LogP contribution in [-0.2, 0) is 0 Å². The second-order valence-corrected chi connectivity index (χ2v) is 8.74. The summed E-state index contributed by atoms with van der Waals surface area (Å²) in [7, 11) is 0. The van der Waals surface area contributed by atoms with E-state index in [1.807, 2.05) is 49.4 Å². The largest absolute Gasteiger partial charge is 0.491 e. The van der Waals surface area contributed by atoms with E-state index in [0.717, 1.165) is 38.6 Å². The number of amides is 1.